The molecule has 6 rings (SSSR count). The molecule has 0 unspecified atom stereocenters. The number of likely N-dealkylation sites (tertiary alicyclic amines) is 1. The number of nitrogen functional groups attached to an aromatic ring is 1. The molecule has 0 amide bonds. The summed E-state index contributed by atoms with van der Waals surface area (Å²) < 4.78 is 20.2. The zero-order valence-electron chi connectivity index (χ0n) is 27.6. The summed E-state index contributed by atoms with van der Waals surface area (Å²) in [6.07, 6.45) is 9.52. The van der Waals surface area contributed by atoms with Gasteiger partial charge >= 0.3 is 0 Å². The summed E-state index contributed by atoms with van der Waals surface area (Å²) in [5.41, 5.74) is 8.49. The van der Waals surface area contributed by atoms with Crippen molar-refractivity contribution in [3.63, 3.8) is 0 Å². The number of hydrogen-bond donors (Lipinski definition) is 2. The number of anilines is 2. The minimum atomic E-state index is -1.89. The van der Waals surface area contributed by atoms with Crippen LogP contribution in [0.3, 0.4) is 0 Å². The predicted molar refractivity (Wildman–Crippen MR) is 178 cm³/mol. The molecule has 45 heavy (non-hydrogen) atoms. The Kier molecular flexibility index (Phi) is 8.72. The fraction of sp³-hybridized carbons (Fsp3) is 0.606. The van der Waals surface area contributed by atoms with E-state index in [0.29, 0.717) is 24.1 Å². The van der Waals surface area contributed by atoms with Gasteiger partial charge in [0.15, 0.2) is 19.9 Å². The Morgan fingerprint density at radius 1 is 1.09 bits per heavy atom. The normalized spacial score (nSPS) is 21.2. The minimum Gasteiger partial charge on any atom is -0.433 e. The maximum atomic E-state index is 11.3. The van der Waals surface area contributed by atoms with Crippen LogP contribution in [-0.4, -0.2) is 90.6 Å². The molecule has 3 N–H and O–H groups in total. The number of hydrogen-bond acceptors (Lipinski definition) is 10. The second-order valence-electron chi connectivity index (χ2n) is 14.6. The molecule has 2 aromatic heterocycles. The van der Waals surface area contributed by atoms with Crippen LogP contribution in [0.25, 0.3) is 11.3 Å². The minimum absolute atomic E-state index is 0.149. The van der Waals surface area contributed by atoms with Gasteiger partial charge < -0.3 is 34.5 Å². The quantitative estimate of drug-likeness (QED) is 0.304. The summed E-state index contributed by atoms with van der Waals surface area (Å²) in [6.45, 7) is 15.7. The van der Waals surface area contributed by atoms with E-state index < -0.39 is 13.9 Å². The monoisotopic (exact) mass is 635 g/mol. The van der Waals surface area contributed by atoms with Gasteiger partial charge in [0.05, 0.1) is 56.2 Å². The maximum Gasteiger partial charge on any atom is 0.263 e. The molecule has 3 aromatic rings. The third-order valence-corrected chi connectivity index (χ3v) is 14.7. The van der Waals surface area contributed by atoms with Crippen LogP contribution < -0.4 is 15.4 Å². The van der Waals surface area contributed by atoms with Crippen molar-refractivity contribution < 1.29 is 19.0 Å². The molecule has 3 fully saturated rings. The van der Waals surface area contributed by atoms with E-state index in [4.69, 9.17) is 24.6 Å². The third-order valence-electron chi connectivity index (χ3n) is 10.2. The molecule has 0 saturated carbocycles. The van der Waals surface area contributed by atoms with Crippen molar-refractivity contribution in [3.8, 4) is 22.9 Å². The molecule has 3 aliphatic rings. The number of aliphatic hydroxyl groups is 1. The van der Waals surface area contributed by atoms with Gasteiger partial charge in [-0.25, -0.2) is 9.97 Å². The van der Waals surface area contributed by atoms with Crippen molar-refractivity contribution in [1.82, 2.24) is 24.6 Å². The van der Waals surface area contributed by atoms with Crippen molar-refractivity contribution in [3.05, 3.63) is 42.4 Å². The summed E-state index contributed by atoms with van der Waals surface area (Å²) in [5, 5.41) is 16.1. The molecule has 11 nitrogen and oxygen atoms in total. The number of nitrogens with two attached hydrogens (primary N) is 1. The van der Waals surface area contributed by atoms with Gasteiger partial charge in [-0.1, -0.05) is 20.8 Å². The SMILES string of the molecule is CN1CCC(n2cc(Oc3nc(-c4cc(N5CCC[C@H]5CO[Si](C)(C)C(C)(C)C)cc(C5(O)COC5)c4)cnc3N)cn2)CC1. The van der Waals surface area contributed by atoms with E-state index in [9.17, 15) is 5.11 Å². The van der Waals surface area contributed by atoms with Crippen LogP contribution in [0.1, 0.15) is 58.1 Å². The van der Waals surface area contributed by atoms with Crippen LogP contribution in [0.2, 0.25) is 18.1 Å². The fourth-order valence-corrected chi connectivity index (χ4v) is 7.11. The first-order valence-electron chi connectivity index (χ1n) is 16.2. The predicted octanol–water partition coefficient (Wildman–Crippen LogP) is 5.19. The first kappa shape index (κ1) is 31.9. The van der Waals surface area contributed by atoms with Gasteiger partial charge in [-0.2, -0.15) is 5.10 Å². The highest BCUT2D eigenvalue weighted by atomic mass is 28.4. The van der Waals surface area contributed by atoms with Crippen LogP contribution >= 0.6 is 0 Å². The zero-order valence-corrected chi connectivity index (χ0v) is 28.6. The summed E-state index contributed by atoms with van der Waals surface area (Å²) in [6, 6.07) is 6.80. The van der Waals surface area contributed by atoms with E-state index in [1.807, 2.05) is 16.9 Å². The Balaban J connectivity index is 1.27. The molecule has 0 aliphatic carbocycles. The average molecular weight is 636 g/mol. The first-order valence-corrected chi connectivity index (χ1v) is 19.1. The van der Waals surface area contributed by atoms with E-state index in [2.05, 4.69) is 72.9 Å². The summed E-state index contributed by atoms with van der Waals surface area (Å²) in [7, 11) is 0.254. The summed E-state index contributed by atoms with van der Waals surface area (Å²) in [5.74, 6) is 1.01. The van der Waals surface area contributed by atoms with Crippen molar-refractivity contribution in [2.75, 3.05) is 57.1 Å². The van der Waals surface area contributed by atoms with E-state index in [1.165, 1.54) is 0 Å². The number of benzene rings is 1. The van der Waals surface area contributed by atoms with Gasteiger partial charge in [-0.15, -0.1) is 0 Å². The molecule has 244 valence electrons. The van der Waals surface area contributed by atoms with E-state index in [-0.39, 0.29) is 36.0 Å². The van der Waals surface area contributed by atoms with E-state index in [1.54, 1.807) is 12.4 Å². The highest BCUT2D eigenvalue weighted by Gasteiger charge is 2.41. The third kappa shape index (κ3) is 6.75. The Bertz CT molecular complexity index is 1490. The van der Waals surface area contributed by atoms with Crippen LogP contribution in [0.5, 0.6) is 11.6 Å². The van der Waals surface area contributed by atoms with Crippen molar-refractivity contribution in [2.45, 2.75) is 82.3 Å². The van der Waals surface area contributed by atoms with Gasteiger partial charge in [-0.3, -0.25) is 4.68 Å². The lowest BCUT2D eigenvalue weighted by atomic mass is 9.89. The number of nitrogens with zero attached hydrogens (tertiary/aromatic N) is 6. The number of aromatic nitrogens is 4. The highest BCUT2D eigenvalue weighted by molar-refractivity contribution is 6.74. The molecule has 0 radical (unpaired) electrons. The Hall–Kier alpha value is -3.03. The lowest BCUT2D eigenvalue weighted by Gasteiger charge is -2.39. The number of rotatable bonds is 9. The van der Waals surface area contributed by atoms with Gasteiger partial charge in [0, 0.05) is 17.8 Å². The highest BCUT2D eigenvalue weighted by Crippen LogP contribution is 2.40. The molecule has 3 aliphatic heterocycles. The first-order chi connectivity index (χ1) is 21.3. The Morgan fingerprint density at radius 3 is 2.53 bits per heavy atom. The molecular weight excluding hydrogens is 586 g/mol. The molecule has 12 heteroatoms. The largest absolute Gasteiger partial charge is 0.433 e. The maximum absolute atomic E-state index is 11.3. The molecule has 3 saturated heterocycles. The second-order valence-corrected chi connectivity index (χ2v) is 19.4. The average Bonchev–Trinajstić information content (AvgIpc) is 3.65. The Labute approximate surface area is 267 Å². The number of ether oxygens (including phenoxy) is 2. The fourth-order valence-electron chi connectivity index (χ4n) is 6.07. The molecule has 1 aromatic carbocycles. The molecule has 0 spiro atoms. The van der Waals surface area contributed by atoms with Crippen molar-refractivity contribution in [2.24, 2.45) is 0 Å². The van der Waals surface area contributed by atoms with Gasteiger partial charge in [-0.05, 0) is 87.7 Å². The van der Waals surface area contributed by atoms with E-state index in [0.717, 1.165) is 62.1 Å². The smallest absolute Gasteiger partial charge is 0.263 e. The molecule has 0 bridgehead atoms. The van der Waals surface area contributed by atoms with Gasteiger partial charge in [0.2, 0.25) is 0 Å². The van der Waals surface area contributed by atoms with Gasteiger partial charge in [0.1, 0.15) is 5.60 Å². The molecular formula is C33H49N7O4Si. The standard InChI is InChI=1S/C33H49N7O4Si/c1-32(2,3)45(5,6)43-20-26-8-7-11-39(26)27-15-23(14-24(16-27)33(41)21-42-22-33)29-18-35-30(34)31(37-29)44-28-17-36-40(19-28)25-9-12-38(4)13-10-25/h14-19,25-26,41H,7-13,20-22H2,1-6H3,(H2,34,35)/t26-/m0/s1. The lowest BCUT2D eigenvalue weighted by Crippen LogP contribution is -2.47. The number of piperidine rings is 1. The van der Waals surface area contributed by atoms with Crippen LogP contribution in [-0.2, 0) is 14.8 Å². The molecule has 1 atom stereocenters. The molecule has 5 heterocycles. The summed E-state index contributed by atoms with van der Waals surface area (Å²) in [4.78, 5) is 14.0. The second kappa shape index (κ2) is 12.3. The topological polar surface area (TPSA) is 124 Å². The van der Waals surface area contributed by atoms with Crippen molar-refractivity contribution >= 4 is 19.8 Å². The summed E-state index contributed by atoms with van der Waals surface area (Å²) >= 11 is 0. The van der Waals surface area contributed by atoms with Crippen LogP contribution in [0.15, 0.2) is 36.8 Å². The van der Waals surface area contributed by atoms with Crippen molar-refractivity contribution in [1.29, 1.82) is 0 Å². The zero-order chi connectivity index (χ0) is 32.0. The Morgan fingerprint density at radius 2 is 1.84 bits per heavy atom. The van der Waals surface area contributed by atoms with Crippen LogP contribution in [0, 0.1) is 0 Å². The van der Waals surface area contributed by atoms with Crippen LogP contribution in [0.4, 0.5) is 11.5 Å². The van der Waals surface area contributed by atoms with E-state index >= 15 is 0 Å². The van der Waals surface area contributed by atoms with Gasteiger partial charge in [0.25, 0.3) is 5.88 Å². The lowest BCUT2D eigenvalue weighted by molar-refractivity contribution is -0.184.